The summed E-state index contributed by atoms with van der Waals surface area (Å²) in [5.74, 6) is -0.571. The number of hydrogen-bond donors (Lipinski definition) is 0. The van der Waals surface area contributed by atoms with Crippen molar-refractivity contribution >= 4 is 39.9 Å². The van der Waals surface area contributed by atoms with Crippen LogP contribution in [0.3, 0.4) is 0 Å². The molecule has 0 radical (unpaired) electrons. The molecule has 2 saturated heterocycles. The summed E-state index contributed by atoms with van der Waals surface area (Å²) < 4.78 is 71.0. The molecular weight excluding hydrogens is 474 g/mol. The Balaban J connectivity index is 1.57. The van der Waals surface area contributed by atoms with Crippen molar-refractivity contribution in [1.82, 2.24) is 0 Å². The number of alkyl halides is 1. The number of rotatable bonds is 10. The SMILES string of the molecule is COOSOCC1(F)CCN(c2ccc(N3C[C@H](COS(C)(=O)=O)OC3=O)cc2F)CC1. The number of hydrogen-bond acceptors (Lipinski definition) is 10. The second-order valence-corrected chi connectivity index (χ2v) is 9.60. The fourth-order valence-electron chi connectivity index (χ4n) is 3.41. The average Bonchev–Trinajstić information content (AvgIpc) is 3.11. The number of piperidine rings is 1. The zero-order valence-corrected chi connectivity index (χ0v) is 19.1. The van der Waals surface area contributed by atoms with E-state index < -0.39 is 33.8 Å². The quantitative estimate of drug-likeness (QED) is 0.157. The first-order chi connectivity index (χ1) is 15.1. The maximum Gasteiger partial charge on any atom is 0.414 e. The molecule has 1 aromatic rings. The van der Waals surface area contributed by atoms with Crippen LogP contribution in [0, 0.1) is 5.82 Å². The maximum absolute atomic E-state index is 14.8. The Kier molecular flexibility index (Phi) is 8.16. The normalized spacial score (nSPS) is 21.1. The number of anilines is 2. The second kappa shape index (κ2) is 10.5. The van der Waals surface area contributed by atoms with Crippen LogP contribution in [0.25, 0.3) is 0 Å². The highest BCUT2D eigenvalue weighted by molar-refractivity contribution is 7.89. The third-order valence-corrected chi connectivity index (χ3v) is 6.02. The van der Waals surface area contributed by atoms with Gasteiger partial charge in [0.05, 0.1) is 37.9 Å². The number of nitrogens with zero attached hydrogens (tertiary/aromatic N) is 2. The molecule has 0 aliphatic carbocycles. The van der Waals surface area contributed by atoms with Gasteiger partial charge in [0, 0.05) is 25.9 Å². The number of halogens is 2. The fourth-order valence-corrected chi connectivity index (χ4v) is 4.16. The molecule has 1 amide bonds. The summed E-state index contributed by atoms with van der Waals surface area (Å²) in [6.45, 7) is 0.0784. The Morgan fingerprint density at radius 3 is 2.66 bits per heavy atom. The Hall–Kier alpha value is -1.71. The van der Waals surface area contributed by atoms with Crippen molar-refractivity contribution in [2.45, 2.75) is 24.6 Å². The van der Waals surface area contributed by atoms with Crippen LogP contribution in [0.15, 0.2) is 18.2 Å². The van der Waals surface area contributed by atoms with Gasteiger partial charge in [-0.2, -0.15) is 8.42 Å². The lowest BCUT2D eigenvalue weighted by atomic mass is 9.94. The van der Waals surface area contributed by atoms with E-state index in [2.05, 4.69) is 13.4 Å². The lowest BCUT2D eigenvalue weighted by molar-refractivity contribution is -0.167. The molecule has 0 aromatic heterocycles. The van der Waals surface area contributed by atoms with Crippen LogP contribution in [-0.4, -0.2) is 72.5 Å². The molecule has 14 heteroatoms. The molecule has 1 atom stereocenters. The van der Waals surface area contributed by atoms with Gasteiger partial charge in [0.1, 0.15) is 24.2 Å². The lowest BCUT2D eigenvalue weighted by Crippen LogP contribution is -2.44. The van der Waals surface area contributed by atoms with Gasteiger partial charge in [0.2, 0.25) is 0 Å². The van der Waals surface area contributed by atoms with E-state index in [4.69, 9.17) is 8.92 Å². The highest BCUT2D eigenvalue weighted by atomic mass is 32.2. The van der Waals surface area contributed by atoms with Crippen molar-refractivity contribution in [3.63, 3.8) is 0 Å². The Labute approximate surface area is 189 Å². The van der Waals surface area contributed by atoms with Gasteiger partial charge in [-0.25, -0.2) is 18.5 Å². The first kappa shape index (κ1) is 24.9. The molecule has 0 spiro atoms. The van der Waals surface area contributed by atoms with Gasteiger partial charge in [-0.05, 0) is 18.2 Å². The Morgan fingerprint density at radius 1 is 1.31 bits per heavy atom. The number of ether oxygens (including phenoxy) is 1. The smallest absolute Gasteiger partial charge is 0.414 e. The van der Waals surface area contributed by atoms with Gasteiger partial charge in [-0.3, -0.25) is 13.3 Å². The maximum atomic E-state index is 14.8. The van der Waals surface area contributed by atoms with Crippen LogP contribution >= 0.6 is 12.3 Å². The fraction of sp³-hybridized carbons (Fsp3) is 0.611. The first-order valence-electron chi connectivity index (χ1n) is 9.65. The van der Waals surface area contributed by atoms with E-state index >= 15 is 0 Å². The number of carbonyl (C=O) groups excluding carboxylic acids is 1. The molecule has 0 bridgehead atoms. The van der Waals surface area contributed by atoms with Crippen molar-refractivity contribution in [1.29, 1.82) is 0 Å². The molecule has 180 valence electrons. The van der Waals surface area contributed by atoms with Crippen molar-refractivity contribution in [2.24, 2.45) is 0 Å². The Bertz CT molecular complexity index is 912. The van der Waals surface area contributed by atoms with Crippen LogP contribution in [-0.2, 0) is 32.4 Å². The molecule has 2 fully saturated rings. The van der Waals surface area contributed by atoms with Gasteiger partial charge in [0.25, 0.3) is 10.1 Å². The van der Waals surface area contributed by atoms with Crippen LogP contribution in [0.2, 0.25) is 0 Å². The highest BCUT2D eigenvalue weighted by Gasteiger charge is 2.37. The van der Waals surface area contributed by atoms with E-state index in [1.165, 1.54) is 24.1 Å². The number of benzene rings is 1. The lowest BCUT2D eigenvalue weighted by Gasteiger charge is -2.37. The van der Waals surface area contributed by atoms with Crippen molar-refractivity contribution < 1.29 is 44.3 Å². The van der Waals surface area contributed by atoms with Gasteiger partial charge >= 0.3 is 6.09 Å². The standard InChI is InChI=1S/C18H24F2N2O8S2/c1-26-30-31-27-12-18(20)5-7-21(8-6-18)16-4-3-13(9-15(16)19)22-10-14(29-17(22)23)11-28-32(2,24)25/h3-4,9,14H,5-8,10-12H2,1-2H3/t14-/m1/s1. The highest BCUT2D eigenvalue weighted by Crippen LogP contribution is 2.34. The monoisotopic (exact) mass is 498 g/mol. The minimum Gasteiger partial charge on any atom is -0.441 e. The zero-order valence-electron chi connectivity index (χ0n) is 17.5. The zero-order chi connectivity index (χ0) is 23.4. The van der Waals surface area contributed by atoms with E-state index in [0.717, 1.165) is 6.26 Å². The molecule has 3 rings (SSSR count). The molecule has 10 nitrogen and oxygen atoms in total. The number of amides is 1. The molecule has 0 unspecified atom stereocenters. The van der Waals surface area contributed by atoms with Crippen molar-refractivity contribution in [2.75, 3.05) is 56.0 Å². The van der Waals surface area contributed by atoms with E-state index in [1.807, 2.05) is 0 Å². The van der Waals surface area contributed by atoms with Crippen LogP contribution in [0.4, 0.5) is 25.0 Å². The molecule has 2 aliphatic heterocycles. The minimum absolute atomic E-state index is 0.0199. The topological polar surface area (TPSA) is 104 Å². The van der Waals surface area contributed by atoms with Crippen LogP contribution in [0.1, 0.15) is 12.8 Å². The Morgan fingerprint density at radius 2 is 2.03 bits per heavy atom. The molecule has 2 heterocycles. The van der Waals surface area contributed by atoms with Crippen molar-refractivity contribution in [3.05, 3.63) is 24.0 Å². The number of carbonyl (C=O) groups is 1. The summed E-state index contributed by atoms with van der Waals surface area (Å²) in [5.41, 5.74) is -1.00. The number of cyclic esters (lactones) is 1. The molecule has 2 aliphatic rings. The summed E-state index contributed by atoms with van der Waals surface area (Å²) >= 11 is 0.547. The van der Waals surface area contributed by atoms with Gasteiger partial charge in [0.15, 0.2) is 12.3 Å². The molecule has 1 aromatic carbocycles. The largest absolute Gasteiger partial charge is 0.441 e. The summed E-state index contributed by atoms with van der Waals surface area (Å²) in [6, 6.07) is 4.26. The molecule has 32 heavy (non-hydrogen) atoms. The van der Waals surface area contributed by atoms with E-state index in [0.29, 0.717) is 18.0 Å². The van der Waals surface area contributed by atoms with Gasteiger partial charge in [-0.15, -0.1) is 4.33 Å². The second-order valence-electron chi connectivity index (χ2n) is 7.44. The average molecular weight is 499 g/mol. The predicted octanol–water partition coefficient (Wildman–Crippen LogP) is 2.59. The van der Waals surface area contributed by atoms with Crippen LogP contribution < -0.4 is 9.80 Å². The van der Waals surface area contributed by atoms with E-state index in [9.17, 15) is 22.0 Å². The summed E-state index contributed by atoms with van der Waals surface area (Å²) in [6.07, 6.45) is -0.348. The predicted molar refractivity (Wildman–Crippen MR) is 112 cm³/mol. The summed E-state index contributed by atoms with van der Waals surface area (Å²) in [4.78, 5) is 19.4. The molecule has 0 saturated carbocycles. The van der Waals surface area contributed by atoms with Gasteiger partial charge < -0.3 is 9.64 Å². The molecular formula is C18H24F2N2O8S2. The third kappa shape index (κ3) is 6.65. The third-order valence-electron chi connectivity index (χ3n) is 5.05. The van der Waals surface area contributed by atoms with E-state index in [1.54, 1.807) is 11.0 Å². The van der Waals surface area contributed by atoms with Crippen LogP contribution in [0.5, 0.6) is 0 Å². The summed E-state index contributed by atoms with van der Waals surface area (Å²) in [5, 5.41) is 0. The summed E-state index contributed by atoms with van der Waals surface area (Å²) in [7, 11) is -2.37. The van der Waals surface area contributed by atoms with E-state index in [-0.39, 0.29) is 51.4 Å². The molecule has 0 N–H and O–H groups in total. The minimum atomic E-state index is -3.68. The van der Waals surface area contributed by atoms with Crippen molar-refractivity contribution in [3.8, 4) is 0 Å². The van der Waals surface area contributed by atoms with Gasteiger partial charge in [-0.1, -0.05) is 0 Å². The first-order valence-corrected chi connectivity index (χ1v) is 12.1.